The lowest BCUT2D eigenvalue weighted by Crippen LogP contribution is -2.65. The molecule has 4 saturated carbocycles. The standard InChI is InChI=1S/C38H54N2O2/c1-33(2)18-20-38(32(41)42-8)21-19-36(6)26(27(38)23-33)14-15-29-35(5)22-25-30(24-12-10-9-11-13-24)39-40-31(25)34(3,4)28(35)16-17-37(29,36)7/h9-14,25,27-30,39H,15-23H2,1-8H3/t25-,27-,28-,29+,30-,35-,36+,37+,38-/m0/s1. The Hall–Kier alpha value is -2.10. The SMILES string of the molecule is COC(=O)[C@]12CCC(C)(C)C[C@H]1C1=CC[C@@H]3[C@@]4(C)C[C@@H]5C(=NN[C@H]5c5ccccc5)C(C)(C)[C@@H]4CC[C@@]3(C)[C@]1(C)CC2. The number of fused-ring (bicyclic) bond motifs is 8. The summed E-state index contributed by atoms with van der Waals surface area (Å²) in [7, 11) is 1.61. The van der Waals surface area contributed by atoms with Gasteiger partial charge in [0.1, 0.15) is 0 Å². The summed E-state index contributed by atoms with van der Waals surface area (Å²) in [4.78, 5) is 13.6. The van der Waals surface area contributed by atoms with Crippen LogP contribution in [0.3, 0.4) is 0 Å². The van der Waals surface area contributed by atoms with Gasteiger partial charge in [-0.1, -0.05) is 90.4 Å². The summed E-state index contributed by atoms with van der Waals surface area (Å²) in [5.41, 5.74) is 8.56. The number of esters is 1. The first-order valence-electron chi connectivity index (χ1n) is 16.9. The number of carbonyl (C=O) groups is 1. The van der Waals surface area contributed by atoms with Crippen molar-refractivity contribution >= 4 is 11.7 Å². The zero-order chi connectivity index (χ0) is 29.9. The average Bonchev–Trinajstić information content (AvgIpc) is 3.37. The largest absolute Gasteiger partial charge is 0.469 e. The van der Waals surface area contributed by atoms with E-state index in [-0.39, 0.29) is 44.5 Å². The van der Waals surface area contributed by atoms with Gasteiger partial charge >= 0.3 is 5.97 Å². The highest BCUT2D eigenvalue weighted by molar-refractivity contribution is 5.95. The van der Waals surface area contributed by atoms with Crippen LogP contribution in [0.4, 0.5) is 0 Å². The highest BCUT2D eigenvalue weighted by Crippen LogP contribution is 2.76. The Morgan fingerprint density at radius 2 is 1.62 bits per heavy atom. The van der Waals surface area contributed by atoms with Crippen molar-refractivity contribution in [2.75, 3.05) is 7.11 Å². The van der Waals surface area contributed by atoms with Crippen LogP contribution >= 0.6 is 0 Å². The highest BCUT2D eigenvalue weighted by Gasteiger charge is 2.70. The van der Waals surface area contributed by atoms with E-state index >= 15 is 0 Å². The highest BCUT2D eigenvalue weighted by atomic mass is 16.5. The number of nitrogens with zero attached hydrogens (tertiary/aromatic N) is 1. The Balaban J connectivity index is 1.30. The van der Waals surface area contributed by atoms with Crippen LogP contribution in [0.15, 0.2) is 47.1 Å². The van der Waals surface area contributed by atoms with Crippen LogP contribution in [-0.4, -0.2) is 18.8 Å². The number of allylic oxidation sites excluding steroid dienone is 2. The molecule has 5 aliphatic carbocycles. The Kier molecular flexibility index (Phi) is 6.12. The zero-order valence-corrected chi connectivity index (χ0v) is 27.5. The molecule has 1 aliphatic heterocycles. The van der Waals surface area contributed by atoms with Gasteiger partial charge in [0, 0.05) is 17.0 Å². The van der Waals surface area contributed by atoms with Gasteiger partial charge in [0.2, 0.25) is 0 Å². The molecule has 4 heteroatoms. The number of hydrogen-bond acceptors (Lipinski definition) is 4. The first-order chi connectivity index (χ1) is 19.7. The normalized spacial score (nSPS) is 46.3. The number of carbonyl (C=O) groups excluding carboxylic acids is 1. The summed E-state index contributed by atoms with van der Waals surface area (Å²) in [6.45, 7) is 17.8. The Labute approximate surface area is 254 Å². The van der Waals surface area contributed by atoms with Gasteiger partial charge in [-0.25, -0.2) is 0 Å². The topological polar surface area (TPSA) is 50.7 Å². The molecule has 0 aromatic heterocycles. The van der Waals surface area contributed by atoms with E-state index < -0.39 is 0 Å². The molecule has 1 heterocycles. The maximum atomic E-state index is 13.6. The first-order valence-corrected chi connectivity index (χ1v) is 16.9. The minimum atomic E-state index is -0.337. The van der Waals surface area contributed by atoms with Crippen LogP contribution in [0.2, 0.25) is 0 Å². The average molecular weight is 571 g/mol. The lowest BCUT2D eigenvalue weighted by molar-refractivity contribution is -0.183. The molecule has 42 heavy (non-hydrogen) atoms. The van der Waals surface area contributed by atoms with Gasteiger partial charge in [0.15, 0.2) is 0 Å². The van der Waals surface area contributed by atoms with E-state index in [1.165, 1.54) is 30.5 Å². The van der Waals surface area contributed by atoms with Gasteiger partial charge in [-0.2, -0.15) is 5.10 Å². The smallest absolute Gasteiger partial charge is 0.312 e. The fourth-order valence-corrected chi connectivity index (χ4v) is 12.6. The van der Waals surface area contributed by atoms with E-state index in [0.29, 0.717) is 23.7 Å². The predicted octanol–water partition coefficient (Wildman–Crippen LogP) is 8.89. The summed E-state index contributed by atoms with van der Waals surface area (Å²) < 4.78 is 5.58. The van der Waals surface area contributed by atoms with E-state index in [1.807, 2.05) is 0 Å². The summed E-state index contributed by atoms with van der Waals surface area (Å²) in [5.74, 6) is 2.03. The summed E-state index contributed by atoms with van der Waals surface area (Å²) in [6.07, 6.45) is 12.8. The van der Waals surface area contributed by atoms with Crippen molar-refractivity contribution in [2.45, 2.75) is 112 Å². The maximum Gasteiger partial charge on any atom is 0.312 e. The Morgan fingerprint density at radius 3 is 2.33 bits per heavy atom. The van der Waals surface area contributed by atoms with Crippen molar-refractivity contribution in [1.29, 1.82) is 0 Å². The number of benzene rings is 1. The maximum absolute atomic E-state index is 13.6. The van der Waals surface area contributed by atoms with Crippen LogP contribution in [0.25, 0.3) is 0 Å². The third-order valence-electron chi connectivity index (χ3n) is 14.9. The molecule has 0 radical (unpaired) electrons. The number of hydrazone groups is 1. The molecule has 1 N–H and O–H groups in total. The fraction of sp³-hybridized carbons (Fsp3) is 0.737. The molecule has 0 amide bonds. The van der Waals surface area contributed by atoms with Crippen LogP contribution in [-0.2, 0) is 9.53 Å². The van der Waals surface area contributed by atoms with Crippen LogP contribution in [0, 0.1) is 56.2 Å². The van der Waals surface area contributed by atoms with Gasteiger partial charge in [-0.3, -0.25) is 4.79 Å². The van der Waals surface area contributed by atoms with Crippen LogP contribution < -0.4 is 5.43 Å². The van der Waals surface area contributed by atoms with Crippen molar-refractivity contribution in [3.8, 4) is 0 Å². The number of ether oxygens (including phenoxy) is 1. The molecule has 0 unspecified atom stereocenters. The van der Waals surface area contributed by atoms with E-state index in [1.54, 1.807) is 12.7 Å². The molecule has 7 rings (SSSR count). The van der Waals surface area contributed by atoms with Gasteiger partial charge in [0.05, 0.1) is 18.6 Å². The van der Waals surface area contributed by atoms with Crippen molar-refractivity contribution in [1.82, 2.24) is 5.43 Å². The number of nitrogens with one attached hydrogen (secondary N) is 1. The van der Waals surface area contributed by atoms with E-state index in [9.17, 15) is 4.79 Å². The third kappa shape index (κ3) is 3.53. The first kappa shape index (κ1) is 28.7. The van der Waals surface area contributed by atoms with Crippen LogP contribution in [0.5, 0.6) is 0 Å². The predicted molar refractivity (Wildman–Crippen MR) is 170 cm³/mol. The monoisotopic (exact) mass is 570 g/mol. The van der Waals surface area contributed by atoms with E-state index in [2.05, 4.69) is 90.3 Å². The molecule has 0 bridgehead atoms. The molecule has 0 spiro atoms. The minimum absolute atomic E-state index is 0.0513. The number of rotatable bonds is 2. The minimum Gasteiger partial charge on any atom is -0.469 e. The van der Waals surface area contributed by atoms with Crippen molar-refractivity contribution < 1.29 is 9.53 Å². The molecule has 6 aliphatic rings. The second kappa shape index (κ2) is 8.98. The summed E-state index contributed by atoms with van der Waals surface area (Å²) >= 11 is 0. The Morgan fingerprint density at radius 1 is 0.905 bits per heavy atom. The molecule has 1 aromatic carbocycles. The second-order valence-electron chi connectivity index (χ2n) is 17.4. The lowest BCUT2D eigenvalue weighted by Gasteiger charge is -2.71. The van der Waals surface area contributed by atoms with Crippen molar-refractivity contribution in [3.63, 3.8) is 0 Å². The molecule has 4 fully saturated rings. The fourth-order valence-electron chi connectivity index (χ4n) is 12.6. The molecular formula is C38H54N2O2. The van der Waals surface area contributed by atoms with Crippen molar-refractivity contribution in [2.24, 2.45) is 61.3 Å². The summed E-state index contributed by atoms with van der Waals surface area (Å²) in [5, 5.41) is 5.09. The second-order valence-corrected chi connectivity index (χ2v) is 17.4. The van der Waals surface area contributed by atoms with Gasteiger partial charge < -0.3 is 10.2 Å². The van der Waals surface area contributed by atoms with E-state index in [4.69, 9.17) is 9.84 Å². The number of hydrogen-bond donors (Lipinski definition) is 1. The lowest BCUT2D eigenvalue weighted by atomic mass is 9.33. The third-order valence-corrected chi connectivity index (χ3v) is 14.9. The molecule has 1 aromatic rings. The van der Waals surface area contributed by atoms with Gasteiger partial charge in [-0.15, -0.1) is 0 Å². The van der Waals surface area contributed by atoms with Crippen LogP contribution in [0.1, 0.15) is 118 Å². The zero-order valence-electron chi connectivity index (χ0n) is 27.5. The van der Waals surface area contributed by atoms with Gasteiger partial charge in [-0.05, 0) is 103 Å². The molecule has 9 atom stereocenters. The van der Waals surface area contributed by atoms with E-state index in [0.717, 1.165) is 38.5 Å². The summed E-state index contributed by atoms with van der Waals surface area (Å²) in [6, 6.07) is 11.3. The van der Waals surface area contributed by atoms with Gasteiger partial charge in [0.25, 0.3) is 0 Å². The molecular weight excluding hydrogens is 516 g/mol. The molecule has 0 saturated heterocycles. The Bertz CT molecular complexity index is 1340. The molecule has 228 valence electrons. The van der Waals surface area contributed by atoms with Crippen molar-refractivity contribution in [3.05, 3.63) is 47.5 Å². The quantitative estimate of drug-likeness (QED) is 0.285. The molecule has 4 nitrogen and oxygen atoms in total. The number of methoxy groups -OCH3 is 1.